The molecule has 0 heterocycles. The van der Waals surface area contributed by atoms with Crippen LogP contribution in [0, 0.1) is 12.3 Å². The van der Waals surface area contributed by atoms with E-state index in [1.807, 2.05) is 53.4 Å². The fourth-order valence-corrected chi connectivity index (χ4v) is 4.90. The lowest BCUT2D eigenvalue weighted by molar-refractivity contribution is 0.196. The predicted octanol–water partition coefficient (Wildman–Crippen LogP) is 5.71. The third-order valence-electron chi connectivity index (χ3n) is 4.24. The summed E-state index contributed by atoms with van der Waals surface area (Å²) in [6.07, 6.45) is 7.36. The summed E-state index contributed by atoms with van der Waals surface area (Å²) < 4.78 is 25.2. The molecule has 0 fully saturated rings. The molecule has 2 aromatic rings. The Labute approximate surface area is 169 Å². The first kappa shape index (κ1) is 21.6. The molecule has 0 bridgehead atoms. The Hall–Kier alpha value is -1.67. The lowest BCUT2D eigenvalue weighted by Gasteiger charge is -2.35. The maximum absolute atomic E-state index is 13.5. The molecule has 0 aliphatic carbocycles. The third kappa shape index (κ3) is 5.19. The van der Waals surface area contributed by atoms with E-state index in [1.165, 1.54) is 14.2 Å². The van der Waals surface area contributed by atoms with E-state index in [9.17, 15) is 4.57 Å². The quantitative estimate of drug-likeness (QED) is 0.364. The smallest absolute Gasteiger partial charge is 0.311 e. The highest BCUT2D eigenvalue weighted by Crippen LogP contribution is 2.62. The van der Waals surface area contributed by atoms with Gasteiger partial charge in [-0.1, -0.05) is 70.9 Å². The van der Waals surface area contributed by atoms with E-state index in [4.69, 9.17) is 15.5 Å². The molecular formula is C21H23BrNO3P. The van der Waals surface area contributed by atoms with Crippen LogP contribution in [0.5, 0.6) is 0 Å². The number of rotatable bonds is 9. The lowest BCUT2D eigenvalue weighted by Crippen LogP contribution is -2.30. The molecule has 0 saturated carbocycles. The van der Waals surface area contributed by atoms with Crippen LogP contribution < -0.4 is 0 Å². The number of benzene rings is 2. The van der Waals surface area contributed by atoms with Crippen molar-refractivity contribution in [3.63, 3.8) is 0 Å². The van der Waals surface area contributed by atoms with Crippen molar-refractivity contribution >= 4 is 29.6 Å². The van der Waals surface area contributed by atoms with Crippen molar-refractivity contribution in [3.8, 4) is 12.3 Å². The van der Waals surface area contributed by atoms with E-state index in [2.05, 4.69) is 28.4 Å². The minimum Gasteiger partial charge on any atom is -0.311 e. The summed E-state index contributed by atoms with van der Waals surface area (Å²) in [6.45, 7) is 4.64. The fraction of sp³-hybridized carbons (Fsp3) is 0.238. The van der Waals surface area contributed by atoms with E-state index >= 15 is 0 Å². The average molecular weight is 448 g/mol. The van der Waals surface area contributed by atoms with Crippen molar-refractivity contribution in [2.75, 3.05) is 20.8 Å². The van der Waals surface area contributed by atoms with Crippen molar-refractivity contribution in [3.05, 3.63) is 76.3 Å². The number of hydrogen-bond donors (Lipinski definition) is 0. The molecule has 0 radical (unpaired) electrons. The summed E-state index contributed by atoms with van der Waals surface area (Å²) in [5.74, 6) is 2.00. The molecule has 0 saturated heterocycles. The highest BCUT2D eigenvalue weighted by Gasteiger charge is 2.40. The second-order valence-electron chi connectivity index (χ2n) is 5.85. The zero-order valence-corrected chi connectivity index (χ0v) is 17.9. The molecule has 0 aliphatic heterocycles. The Balaban J connectivity index is 2.57. The first-order valence-corrected chi connectivity index (χ1v) is 10.7. The van der Waals surface area contributed by atoms with Gasteiger partial charge in [0.2, 0.25) is 0 Å². The normalized spacial score (nSPS) is 12.6. The van der Waals surface area contributed by atoms with Gasteiger partial charge < -0.3 is 9.05 Å². The molecule has 142 valence electrons. The van der Waals surface area contributed by atoms with Crippen LogP contribution in [0.25, 0.3) is 6.08 Å². The first-order chi connectivity index (χ1) is 13.0. The molecule has 0 aromatic heterocycles. The van der Waals surface area contributed by atoms with E-state index in [0.29, 0.717) is 6.54 Å². The number of hydrogen-bond acceptors (Lipinski definition) is 4. The Morgan fingerprint density at radius 3 is 2.41 bits per heavy atom. The van der Waals surface area contributed by atoms with Crippen LogP contribution in [-0.4, -0.2) is 25.7 Å². The maximum Gasteiger partial charge on any atom is 0.351 e. The SMILES string of the molecule is C#CCN(Cc1ccc(Br)cc1)C(c1ccccc1C=C)P(=O)(OC)OC. The molecule has 27 heavy (non-hydrogen) atoms. The molecule has 0 aliphatic rings. The third-order valence-corrected chi connectivity index (χ3v) is 6.99. The van der Waals surface area contributed by atoms with Crippen LogP contribution in [0.15, 0.2) is 59.6 Å². The van der Waals surface area contributed by atoms with Gasteiger partial charge in [-0.2, -0.15) is 0 Å². The van der Waals surface area contributed by atoms with Crippen LogP contribution in [-0.2, 0) is 20.2 Å². The molecule has 1 atom stereocenters. The van der Waals surface area contributed by atoms with Crippen LogP contribution in [0.3, 0.4) is 0 Å². The first-order valence-electron chi connectivity index (χ1n) is 8.33. The highest BCUT2D eigenvalue weighted by atomic mass is 79.9. The van der Waals surface area contributed by atoms with Crippen LogP contribution in [0.1, 0.15) is 22.5 Å². The molecule has 6 heteroatoms. The van der Waals surface area contributed by atoms with Crippen molar-refractivity contribution in [2.24, 2.45) is 0 Å². The van der Waals surface area contributed by atoms with Gasteiger partial charge in [0.25, 0.3) is 0 Å². The summed E-state index contributed by atoms with van der Waals surface area (Å²) in [6, 6.07) is 15.5. The highest BCUT2D eigenvalue weighted by molar-refractivity contribution is 9.10. The molecular weight excluding hydrogens is 425 g/mol. The second kappa shape index (κ2) is 10.0. The Morgan fingerprint density at radius 2 is 1.85 bits per heavy atom. The zero-order chi connectivity index (χ0) is 19.9. The average Bonchev–Trinajstić information content (AvgIpc) is 2.70. The van der Waals surface area contributed by atoms with Crippen LogP contribution >= 0.6 is 23.5 Å². The van der Waals surface area contributed by atoms with E-state index < -0.39 is 13.4 Å². The molecule has 2 rings (SSSR count). The lowest BCUT2D eigenvalue weighted by atomic mass is 10.1. The van der Waals surface area contributed by atoms with Gasteiger partial charge in [0.05, 0.1) is 6.54 Å². The largest absolute Gasteiger partial charge is 0.351 e. The minimum absolute atomic E-state index is 0.281. The summed E-state index contributed by atoms with van der Waals surface area (Å²) >= 11 is 3.44. The standard InChI is InChI=1S/C21H23BrNO3P/c1-5-15-23(16-17-11-13-19(22)14-12-17)21(27(24,25-3)26-4)20-10-8-7-9-18(20)6-2/h1,6-14,21H,2,15-16H2,3-4H3. The van der Waals surface area contributed by atoms with Crippen molar-refractivity contribution < 1.29 is 13.6 Å². The minimum atomic E-state index is -3.51. The summed E-state index contributed by atoms with van der Waals surface area (Å²) in [7, 11) is -0.732. The monoisotopic (exact) mass is 447 g/mol. The van der Waals surface area contributed by atoms with Gasteiger partial charge in [-0.3, -0.25) is 9.46 Å². The molecule has 0 N–H and O–H groups in total. The Kier molecular flexibility index (Phi) is 8.04. The van der Waals surface area contributed by atoms with Crippen molar-refractivity contribution in [1.29, 1.82) is 0 Å². The molecule has 2 aromatic carbocycles. The topological polar surface area (TPSA) is 38.8 Å². The van der Waals surface area contributed by atoms with Crippen molar-refractivity contribution in [2.45, 2.75) is 12.3 Å². The summed E-state index contributed by atoms with van der Waals surface area (Å²) in [5, 5.41) is 0. The van der Waals surface area contributed by atoms with Gasteiger partial charge in [-0.05, 0) is 28.8 Å². The van der Waals surface area contributed by atoms with E-state index in [1.54, 1.807) is 6.08 Å². The molecule has 0 amide bonds. The summed E-state index contributed by atoms with van der Waals surface area (Å²) in [5.41, 5.74) is 2.69. The van der Waals surface area contributed by atoms with Gasteiger partial charge in [0.1, 0.15) is 5.78 Å². The molecule has 4 nitrogen and oxygen atoms in total. The van der Waals surface area contributed by atoms with Crippen molar-refractivity contribution in [1.82, 2.24) is 4.90 Å². The predicted molar refractivity (Wildman–Crippen MR) is 114 cm³/mol. The zero-order valence-electron chi connectivity index (χ0n) is 15.5. The van der Waals surface area contributed by atoms with E-state index in [-0.39, 0.29) is 6.54 Å². The van der Waals surface area contributed by atoms with Gasteiger partial charge >= 0.3 is 7.60 Å². The van der Waals surface area contributed by atoms with E-state index in [0.717, 1.165) is 21.2 Å². The number of terminal acetylenes is 1. The van der Waals surface area contributed by atoms with Gasteiger partial charge in [-0.15, -0.1) is 6.42 Å². The Bertz CT molecular complexity index is 852. The Morgan fingerprint density at radius 1 is 1.22 bits per heavy atom. The number of halogens is 1. The fourth-order valence-electron chi connectivity index (χ4n) is 2.94. The second-order valence-corrected chi connectivity index (χ2v) is 9.06. The molecule has 0 spiro atoms. The van der Waals surface area contributed by atoms with Gasteiger partial charge in [0.15, 0.2) is 0 Å². The van der Waals surface area contributed by atoms with Crippen LogP contribution in [0.4, 0.5) is 0 Å². The van der Waals surface area contributed by atoms with Crippen LogP contribution in [0.2, 0.25) is 0 Å². The molecule has 1 unspecified atom stereocenters. The van der Waals surface area contributed by atoms with Gasteiger partial charge in [-0.25, -0.2) is 0 Å². The number of nitrogens with zero attached hydrogens (tertiary/aromatic N) is 1. The maximum atomic E-state index is 13.5. The van der Waals surface area contributed by atoms with Gasteiger partial charge in [0, 0.05) is 25.2 Å². The summed E-state index contributed by atoms with van der Waals surface area (Å²) in [4.78, 5) is 1.93.